The van der Waals surface area contributed by atoms with Crippen LogP contribution < -0.4 is 10.9 Å². The van der Waals surface area contributed by atoms with Crippen molar-refractivity contribution in [3.05, 3.63) is 71.9 Å². The summed E-state index contributed by atoms with van der Waals surface area (Å²) in [7, 11) is 0. The van der Waals surface area contributed by atoms with Gasteiger partial charge in [0.25, 0.3) is 11.8 Å². The molecule has 0 saturated carbocycles. The van der Waals surface area contributed by atoms with Crippen molar-refractivity contribution in [2.45, 2.75) is 12.8 Å². The van der Waals surface area contributed by atoms with E-state index in [4.69, 9.17) is 4.74 Å². The zero-order chi connectivity index (χ0) is 19.1. The number of ether oxygens (including phenoxy) is 1. The van der Waals surface area contributed by atoms with Gasteiger partial charge >= 0.3 is 5.97 Å². The van der Waals surface area contributed by atoms with E-state index in [1.807, 2.05) is 30.5 Å². The number of benzene rings is 2. The lowest BCUT2D eigenvalue weighted by Crippen LogP contribution is -2.43. The summed E-state index contributed by atoms with van der Waals surface area (Å²) < 4.78 is 4.94. The standard InChI is InChI=1S/C20H19N3O4/c24-18(22-23-20(26)14-6-2-1-3-7-14)13-27-19(25)11-10-15-12-21-17-9-5-4-8-16(15)17/h1-9,12,21H,10-11,13H2,(H,22,24)(H,23,26). The lowest BCUT2D eigenvalue weighted by atomic mass is 10.1. The topological polar surface area (TPSA) is 100 Å². The first kappa shape index (κ1) is 18.2. The molecular formula is C20H19N3O4. The van der Waals surface area contributed by atoms with Gasteiger partial charge < -0.3 is 9.72 Å². The van der Waals surface area contributed by atoms with Gasteiger partial charge in [-0.05, 0) is 30.2 Å². The van der Waals surface area contributed by atoms with Gasteiger partial charge in [0, 0.05) is 29.1 Å². The summed E-state index contributed by atoms with van der Waals surface area (Å²) in [6, 6.07) is 16.3. The zero-order valence-corrected chi connectivity index (χ0v) is 14.5. The molecule has 3 rings (SSSR count). The van der Waals surface area contributed by atoms with Gasteiger partial charge in [-0.3, -0.25) is 25.2 Å². The summed E-state index contributed by atoms with van der Waals surface area (Å²) in [6.07, 6.45) is 2.53. The molecule has 2 amide bonds. The van der Waals surface area contributed by atoms with Gasteiger partial charge in [0.1, 0.15) is 0 Å². The number of carbonyl (C=O) groups is 3. The van der Waals surface area contributed by atoms with E-state index in [2.05, 4.69) is 15.8 Å². The fraction of sp³-hybridized carbons (Fsp3) is 0.150. The molecule has 0 fully saturated rings. The normalized spacial score (nSPS) is 10.4. The Balaban J connectivity index is 1.38. The molecule has 0 aliphatic heterocycles. The van der Waals surface area contributed by atoms with E-state index in [-0.39, 0.29) is 6.42 Å². The maximum absolute atomic E-state index is 11.8. The van der Waals surface area contributed by atoms with E-state index in [0.29, 0.717) is 12.0 Å². The third kappa shape index (κ3) is 4.94. The van der Waals surface area contributed by atoms with Gasteiger partial charge in [0.15, 0.2) is 6.61 Å². The molecule has 0 spiro atoms. The molecule has 0 atom stereocenters. The van der Waals surface area contributed by atoms with Crippen LogP contribution in [0, 0.1) is 0 Å². The van der Waals surface area contributed by atoms with Gasteiger partial charge in [-0.25, -0.2) is 0 Å². The average molecular weight is 365 g/mol. The monoisotopic (exact) mass is 365 g/mol. The quantitative estimate of drug-likeness (QED) is 0.460. The fourth-order valence-corrected chi connectivity index (χ4v) is 2.62. The number of H-pyrrole nitrogens is 1. The Morgan fingerprint density at radius 2 is 1.67 bits per heavy atom. The lowest BCUT2D eigenvalue weighted by Gasteiger charge is -2.08. The van der Waals surface area contributed by atoms with E-state index in [9.17, 15) is 14.4 Å². The molecule has 0 aliphatic rings. The molecule has 27 heavy (non-hydrogen) atoms. The highest BCUT2D eigenvalue weighted by Gasteiger charge is 2.11. The Labute approximate surface area is 155 Å². The van der Waals surface area contributed by atoms with Crippen molar-refractivity contribution in [1.82, 2.24) is 15.8 Å². The summed E-state index contributed by atoms with van der Waals surface area (Å²) >= 11 is 0. The van der Waals surface area contributed by atoms with Crippen LogP contribution in [-0.4, -0.2) is 29.4 Å². The van der Waals surface area contributed by atoms with Crippen LogP contribution in [0.3, 0.4) is 0 Å². The van der Waals surface area contributed by atoms with Crippen molar-refractivity contribution in [3.8, 4) is 0 Å². The van der Waals surface area contributed by atoms with Gasteiger partial charge in [0.05, 0.1) is 0 Å². The molecule has 0 radical (unpaired) electrons. The van der Waals surface area contributed by atoms with Crippen molar-refractivity contribution in [2.24, 2.45) is 0 Å². The predicted molar refractivity (Wildman–Crippen MR) is 99.6 cm³/mol. The molecule has 1 heterocycles. The van der Waals surface area contributed by atoms with Crippen molar-refractivity contribution in [2.75, 3.05) is 6.61 Å². The van der Waals surface area contributed by atoms with Crippen LogP contribution in [0.1, 0.15) is 22.3 Å². The van der Waals surface area contributed by atoms with Gasteiger partial charge in [0.2, 0.25) is 0 Å². The summed E-state index contributed by atoms with van der Waals surface area (Å²) in [4.78, 5) is 38.5. The number of hydrogen-bond acceptors (Lipinski definition) is 4. The van der Waals surface area contributed by atoms with Gasteiger partial charge in [-0.1, -0.05) is 36.4 Å². The van der Waals surface area contributed by atoms with Crippen LogP contribution in [0.25, 0.3) is 10.9 Å². The SMILES string of the molecule is O=C(COC(=O)CCc1c[nH]c2ccccc12)NNC(=O)c1ccccc1. The molecule has 0 saturated heterocycles. The highest BCUT2D eigenvalue weighted by Crippen LogP contribution is 2.19. The molecule has 0 aliphatic carbocycles. The Morgan fingerprint density at radius 1 is 0.926 bits per heavy atom. The smallest absolute Gasteiger partial charge is 0.306 e. The zero-order valence-electron chi connectivity index (χ0n) is 14.5. The van der Waals surface area contributed by atoms with E-state index < -0.39 is 24.4 Å². The van der Waals surface area contributed by atoms with E-state index >= 15 is 0 Å². The molecule has 138 valence electrons. The van der Waals surface area contributed by atoms with Crippen LogP contribution in [0.5, 0.6) is 0 Å². The Bertz CT molecular complexity index is 950. The number of esters is 1. The number of hydrazine groups is 1. The highest BCUT2D eigenvalue weighted by molar-refractivity contribution is 5.95. The number of hydrogen-bond donors (Lipinski definition) is 3. The maximum atomic E-state index is 11.8. The molecule has 0 unspecified atom stereocenters. The number of fused-ring (bicyclic) bond motifs is 1. The molecule has 0 bridgehead atoms. The Morgan fingerprint density at radius 3 is 2.48 bits per heavy atom. The van der Waals surface area contributed by atoms with Crippen LogP contribution >= 0.6 is 0 Å². The number of aromatic amines is 1. The minimum absolute atomic E-state index is 0.158. The first-order chi connectivity index (χ1) is 13.1. The minimum Gasteiger partial charge on any atom is -0.455 e. The highest BCUT2D eigenvalue weighted by atomic mass is 16.5. The Kier molecular flexibility index (Phi) is 5.84. The summed E-state index contributed by atoms with van der Waals surface area (Å²) in [5, 5.41) is 1.06. The first-order valence-electron chi connectivity index (χ1n) is 8.48. The number of nitrogens with one attached hydrogen (secondary N) is 3. The number of aromatic nitrogens is 1. The maximum Gasteiger partial charge on any atom is 0.306 e. The number of amides is 2. The van der Waals surface area contributed by atoms with Crippen LogP contribution in [0.15, 0.2) is 60.8 Å². The lowest BCUT2D eigenvalue weighted by molar-refractivity contribution is -0.148. The van der Waals surface area contributed by atoms with Crippen molar-refractivity contribution >= 4 is 28.7 Å². The largest absolute Gasteiger partial charge is 0.455 e. The minimum atomic E-state index is -0.611. The summed E-state index contributed by atoms with van der Waals surface area (Å²) in [6.45, 7) is -0.457. The molecule has 1 aromatic heterocycles. The third-order valence-corrected chi connectivity index (χ3v) is 3.99. The van der Waals surface area contributed by atoms with E-state index in [1.54, 1.807) is 30.3 Å². The van der Waals surface area contributed by atoms with E-state index in [0.717, 1.165) is 16.5 Å². The number of aryl methyl sites for hydroxylation is 1. The number of para-hydroxylation sites is 1. The van der Waals surface area contributed by atoms with Crippen molar-refractivity contribution in [3.63, 3.8) is 0 Å². The summed E-state index contributed by atoms with van der Waals surface area (Å²) in [5.41, 5.74) is 6.91. The predicted octanol–water partition coefficient (Wildman–Crippen LogP) is 2.10. The van der Waals surface area contributed by atoms with Crippen molar-refractivity contribution in [1.29, 1.82) is 0 Å². The first-order valence-corrected chi connectivity index (χ1v) is 8.48. The van der Waals surface area contributed by atoms with Crippen LogP contribution in [0.4, 0.5) is 0 Å². The second kappa shape index (κ2) is 8.66. The molecule has 7 heteroatoms. The molecule has 3 aromatic rings. The number of carbonyl (C=O) groups excluding carboxylic acids is 3. The summed E-state index contributed by atoms with van der Waals surface area (Å²) in [5.74, 6) is -1.54. The van der Waals surface area contributed by atoms with Crippen molar-refractivity contribution < 1.29 is 19.1 Å². The Hall–Kier alpha value is -3.61. The second-order valence-corrected chi connectivity index (χ2v) is 5.89. The van der Waals surface area contributed by atoms with E-state index in [1.165, 1.54) is 0 Å². The number of rotatable bonds is 6. The molecule has 3 N–H and O–H groups in total. The molecular weight excluding hydrogens is 346 g/mol. The van der Waals surface area contributed by atoms with Crippen LogP contribution in [0.2, 0.25) is 0 Å². The third-order valence-electron chi connectivity index (χ3n) is 3.99. The average Bonchev–Trinajstić information content (AvgIpc) is 3.12. The molecule has 7 nitrogen and oxygen atoms in total. The van der Waals surface area contributed by atoms with Gasteiger partial charge in [-0.15, -0.1) is 0 Å². The molecule has 2 aromatic carbocycles. The second-order valence-electron chi connectivity index (χ2n) is 5.89. The fourth-order valence-electron chi connectivity index (χ4n) is 2.62. The van der Waals surface area contributed by atoms with Gasteiger partial charge in [-0.2, -0.15) is 0 Å². The van der Waals surface area contributed by atoms with Crippen LogP contribution in [-0.2, 0) is 20.7 Å².